The van der Waals surface area contributed by atoms with Gasteiger partial charge in [-0.25, -0.2) is 0 Å². The fraction of sp³-hybridized carbons (Fsp3) is 1.00. The zero-order chi connectivity index (χ0) is 11.2. The number of nitrogens with zero attached hydrogens (tertiary/aromatic N) is 1. The van der Waals surface area contributed by atoms with Crippen LogP contribution in [0.3, 0.4) is 0 Å². The molecule has 0 aromatic rings. The fourth-order valence-electron chi connectivity index (χ4n) is 3.83. The first kappa shape index (κ1) is 10.5. The van der Waals surface area contributed by atoms with Gasteiger partial charge in [-0.3, -0.25) is 10.1 Å². The summed E-state index contributed by atoms with van der Waals surface area (Å²) in [6, 6.07) is 0. The minimum atomic E-state index is -0.680. The van der Waals surface area contributed by atoms with Crippen molar-refractivity contribution in [2.75, 3.05) is 6.61 Å². The summed E-state index contributed by atoms with van der Waals surface area (Å²) in [5.74, 6) is 0.757. The highest BCUT2D eigenvalue weighted by atomic mass is 16.6. The van der Waals surface area contributed by atoms with E-state index in [4.69, 9.17) is 4.74 Å². The lowest BCUT2D eigenvalue weighted by Crippen LogP contribution is -2.48. The number of hydrogen-bond acceptors (Lipinski definition) is 3. The van der Waals surface area contributed by atoms with Crippen LogP contribution < -0.4 is 0 Å². The van der Waals surface area contributed by atoms with E-state index in [9.17, 15) is 10.1 Å². The van der Waals surface area contributed by atoms with E-state index < -0.39 is 5.54 Å². The number of rotatable bonds is 2. The highest BCUT2D eigenvalue weighted by Crippen LogP contribution is 2.57. The molecule has 16 heavy (non-hydrogen) atoms. The van der Waals surface area contributed by atoms with Crippen molar-refractivity contribution in [2.45, 2.75) is 56.6 Å². The van der Waals surface area contributed by atoms with Crippen molar-refractivity contribution in [2.24, 2.45) is 11.8 Å². The van der Waals surface area contributed by atoms with Crippen molar-refractivity contribution >= 4 is 0 Å². The molecule has 3 rings (SSSR count). The molecule has 0 spiro atoms. The lowest BCUT2D eigenvalue weighted by Gasteiger charge is -2.34. The molecule has 0 aromatic carbocycles. The monoisotopic (exact) mass is 225 g/mol. The van der Waals surface area contributed by atoms with Gasteiger partial charge in [0.25, 0.3) is 5.54 Å². The van der Waals surface area contributed by atoms with Crippen LogP contribution in [0.2, 0.25) is 0 Å². The van der Waals surface area contributed by atoms with Crippen molar-refractivity contribution in [1.82, 2.24) is 0 Å². The van der Waals surface area contributed by atoms with Gasteiger partial charge >= 0.3 is 0 Å². The summed E-state index contributed by atoms with van der Waals surface area (Å²) >= 11 is 0. The predicted molar refractivity (Wildman–Crippen MR) is 58.8 cm³/mol. The van der Waals surface area contributed by atoms with E-state index in [2.05, 4.69) is 0 Å². The van der Waals surface area contributed by atoms with Crippen LogP contribution in [0, 0.1) is 22.0 Å². The summed E-state index contributed by atoms with van der Waals surface area (Å²) in [4.78, 5) is 11.3. The molecule has 1 aliphatic heterocycles. The highest BCUT2D eigenvalue weighted by Gasteiger charge is 2.73. The molecule has 2 saturated carbocycles. The number of ether oxygens (including phenoxy) is 1. The maximum Gasteiger partial charge on any atom is 0.251 e. The van der Waals surface area contributed by atoms with E-state index in [1.165, 1.54) is 19.3 Å². The Balaban J connectivity index is 1.79. The van der Waals surface area contributed by atoms with E-state index in [0.29, 0.717) is 11.8 Å². The molecule has 0 aromatic heterocycles. The van der Waals surface area contributed by atoms with E-state index in [1.54, 1.807) is 0 Å². The normalized spacial score (nSPS) is 43.8. The van der Waals surface area contributed by atoms with Gasteiger partial charge in [0.05, 0.1) is 0 Å². The molecule has 1 saturated heterocycles. The Hall–Kier alpha value is -0.640. The first-order valence-electron chi connectivity index (χ1n) is 6.51. The average molecular weight is 225 g/mol. The molecule has 90 valence electrons. The lowest BCUT2D eigenvalue weighted by molar-refractivity contribution is -0.562. The molecule has 3 fully saturated rings. The number of fused-ring (bicyclic) bond motifs is 1. The Morgan fingerprint density at radius 2 is 1.94 bits per heavy atom. The minimum Gasteiger partial charge on any atom is -0.370 e. The Bertz CT molecular complexity index is 301. The molecule has 0 radical (unpaired) electrons. The van der Waals surface area contributed by atoms with Gasteiger partial charge in [-0.15, -0.1) is 0 Å². The SMILES string of the molecule is O=[N+]([O-])[C@]12C[C@H]1CCO[C@H]2C1CCCCC1. The maximum absolute atomic E-state index is 11.3. The van der Waals surface area contributed by atoms with Gasteiger partial charge in [0.15, 0.2) is 0 Å². The van der Waals surface area contributed by atoms with Crippen LogP contribution in [0.5, 0.6) is 0 Å². The predicted octanol–water partition coefficient (Wildman–Crippen LogP) is 2.39. The second-order valence-corrected chi connectivity index (χ2v) is 5.63. The van der Waals surface area contributed by atoms with Crippen molar-refractivity contribution in [3.8, 4) is 0 Å². The third kappa shape index (κ3) is 1.39. The van der Waals surface area contributed by atoms with Gasteiger partial charge in [0.2, 0.25) is 0 Å². The summed E-state index contributed by atoms with van der Waals surface area (Å²) in [6.45, 7) is 0.738. The van der Waals surface area contributed by atoms with Crippen LogP contribution in [0.25, 0.3) is 0 Å². The molecular formula is C12H19NO3. The largest absolute Gasteiger partial charge is 0.370 e. The van der Waals surface area contributed by atoms with Gasteiger partial charge in [-0.05, 0) is 25.2 Å². The molecule has 3 aliphatic rings. The minimum absolute atomic E-state index is 0.0316. The van der Waals surface area contributed by atoms with Crippen molar-refractivity contribution < 1.29 is 9.66 Å². The first-order chi connectivity index (χ1) is 7.75. The molecule has 0 unspecified atom stereocenters. The molecule has 4 heteroatoms. The van der Waals surface area contributed by atoms with Gasteiger partial charge in [0, 0.05) is 23.9 Å². The summed E-state index contributed by atoms with van der Waals surface area (Å²) in [7, 11) is 0. The highest BCUT2D eigenvalue weighted by molar-refractivity contribution is 5.12. The summed E-state index contributed by atoms with van der Waals surface area (Å²) < 4.78 is 5.79. The van der Waals surface area contributed by atoms with Crippen LogP contribution in [0.1, 0.15) is 44.9 Å². The topological polar surface area (TPSA) is 52.4 Å². The maximum atomic E-state index is 11.3. The van der Waals surface area contributed by atoms with E-state index >= 15 is 0 Å². The van der Waals surface area contributed by atoms with Crippen LogP contribution >= 0.6 is 0 Å². The van der Waals surface area contributed by atoms with E-state index in [0.717, 1.165) is 32.3 Å². The zero-order valence-corrected chi connectivity index (χ0v) is 9.56. The van der Waals surface area contributed by atoms with Gasteiger partial charge in [-0.2, -0.15) is 0 Å². The molecule has 2 aliphatic carbocycles. The number of nitro groups is 1. The second-order valence-electron chi connectivity index (χ2n) is 5.63. The number of hydrogen-bond donors (Lipinski definition) is 0. The van der Waals surface area contributed by atoms with Gasteiger partial charge < -0.3 is 4.74 Å². The second kappa shape index (κ2) is 3.69. The van der Waals surface area contributed by atoms with Crippen LogP contribution in [0.15, 0.2) is 0 Å². The van der Waals surface area contributed by atoms with Crippen LogP contribution in [-0.2, 0) is 4.74 Å². The average Bonchev–Trinajstić information content (AvgIpc) is 3.05. The smallest absolute Gasteiger partial charge is 0.251 e. The van der Waals surface area contributed by atoms with Gasteiger partial charge in [-0.1, -0.05) is 19.3 Å². The van der Waals surface area contributed by atoms with Crippen LogP contribution in [-0.4, -0.2) is 23.2 Å². The fourth-order valence-corrected chi connectivity index (χ4v) is 3.83. The molecule has 1 heterocycles. The molecule has 4 nitrogen and oxygen atoms in total. The van der Waals surface area contributed by atoms with Crippen molar-refractivity contribution in [3.05, 3.63) is 10.1 Å². The zero-order valence-electron chi connectivity index (χ0n) is 9.56. The van der Waals surface area contributed by atoms with Crippen LogP contribution in [0.4, 0.5) is 0 Å². The third-order valence-electron chi connectivity index (χ3n) is 4.79. The molecule has 0 N–H and O–H groups in total. The Labute approximate surface area is 95.5 Å². The lowest BCUT2D eigenvalue weighted by atomic mass is 9.80. The summed E-state index contributed by atoms with van der Waals surface area (Å²) in [5, 5.41) is 11.3. The summed E-state index contributed by atoms with van der Waals surface area (Å²) in [6.07, 6.45) is 7.58. The van der Waals surface area contributed by atoms with E-state index in [1.807, 2.05) is 0 Å². The Morgan fingerprint density at radius 1 is 1.19 bits per heavy atom. The first-order valence-corrected chi connectivity index (χ1v) is 6.51. The summed E-state index contributed by atoms with van der Waals surface area (Å²) in [5.41, 5.74) is -0.680. The standard InChI is InChI=1S/C12H19NO3/c14-13(15)12-8-10(12)6-7-16-11(12)9-4-2-1-3-5-9/h9-11H,1-8H2/t10-,11+,12-/m1/s1. The van der Waals surface area contributed by atoms with Gasteiger partial charge in [0.1, 0.15) is 6.10 Å². The molecular weight excluding hydrogens is 206 g/mol. The van der Waals surface area contributed by atoms with Crippen molar-refractivity contribution in [1.29, 1.82) is 0 Å². The molecule has 0 amide bonds. The molecule has 0 bridgehead atoms. The molecule has 3 atom stereocenters. The van der Waals surface area contributed by atoms with E-state index in [-0.39, 0.29) is 11.0 Å². The third-order valence-corrected chi connectivity index (χ3v) is 4.79. The Morgan fingerprint density at radius 3 is 2.62 bits per heavy atom. The quantitative estimate of drug-likeness (QED) is 0.535. The Kier molecular flexibility index (Phi) is 2.42. The van der Waals surface area contributed by atoms with Crippen molar-refractivity contribution in [3.63, 3.8) is 0 Å².